The molecule has 0 aliphatic rings. The normalized spacial score (nSPS) is 11.8. The van der Waals surface area contributed by atoms with Crippen LogP contribution in [0.15, 0.2) is 156 Å². The molecule has 0 bridgehead atoms. The molecule has 10 rings (SSSR count). The second-order valence-electron chi connectivity index (χ2n) is 12.0. The van der Waals surface area contributed by atoms with Crippen molar-refractivity contribution in [3.05, 3.63) is 152 Å². The topological polar surface area (TPSA) is 51.8 Å². The van der Waals surface area contributed by atoms with E-state index in [1.165, 1.54) is 30.9 Å². The van der Waals surface area contributed by atoms with E-state index in [-0.39, 0.29) is 0 Å². The number of aromatic nitrogens is 3. The highest BCUT2D eigenvalue weighted by molar-refractivity contribution is 7.25. The third-order valence-corrected chi connectivity index (χ3v) is 10.3. The molecule has 0 spiro atoms. The third kappa shape index (κ3) is 4.25. The van der Waals surface area contributed by atoms with Crippen LogP contribution < -0.4 is 0 Å². The van der Waals surface area contributed by atoms with Crippen LogP contribution in [-0.4, -0.2) is 15.0 Å². The summed E-state index contributed by atoms with van der Waals surface area (Å²) in [6.07, 6.45) is 0. The molecule has 48 heavy (non-hydrogen) atoms. The van der Waals surface area contributed by atoms with Crippen molar-refractivity contribution in [3.63, 3.8) is 0 Å². The van der Waals surface area contributed by atoms with Crippen LogP contribution in [0.2, 0.25) is 0 Å². The van der Waals surface area contributed by atoms with Gasteiger partial charge in [-0.05, 0) is 52.2 Å². The van der Waals surface area contributed by atoms with Gasteiger partial charge in [0.2, 0.25) is 0 Å². The van der Waals surface area contributed by atoms with Crippen LogP contribution >= 0.6 is 11.3 Å². The highest BCUT2D eigenvalue weighted by Gasteiger charge is 2.21. The maximum Gasteiger partial charge on any atom is 0.164 e. The van der Waals surface area contributed by atoms with Crippen molar-refractivity contribution in [2.75, 3.05) is 0 Å². The molecule has 5 heteroatoms. The zero-order valence-electron chi connectivity index (χ0n) is 25.6. The highest BCUT2D eigenvalue weighted by Crippen LogP contribution is 2.43. The molecule has 0 atom stereocenters. The fraction of sp³-hybridized carbons (Fsp3) is 0. The number of hydrogen-bond acceptors (Lipinski definition) is 5. The molecule has 0 radical (unpaired) electrons. The van der Waals surface area contributed by atoms with Gasteiger partial charge in [-0.3, -0.25) is 0 Å². The smallest absolute Gasteiger partial charge is 0.164 e. The Bertz CT molecular complexity index is 2850. The first kappa shape index (κ1) is 27.0. The summed E-state index contributed by atoms with van der Waals surface area (Å²) >= 11 is 1.79. The predicted octanol–water partition coefficient (Wildman–Crippen LogP) is 12.0. The Kier molecular flexibility index (Phi) is 6.01. The lowest BCUT2D eigenvalue weighted by Gasteiger charge is -2.11. The Hall–Kier alpha value is -6.17. The van der Waals surface area contributed by atoms with Crippen LogP contribution in [0, 0.1) is 0 Å². The molecule has 224 valence electrons. The van der Waals surface area contributed by atoms with Gasteiger partial charge in [-0.25, -0.2) is 15.0 Å². The summed E-state index contributed by atoms with van der Waals surface area (Å²) in [7, 11) is 0. The minimum atomic E-state index is 0.608. The molecule has 0 unspecified atom stereocenters. The maximum atomic E-state index is 6.52. The molecule has 3 heterocycles. The fourth-order valence-corrected chi connectivity index (χ4v) is 8.08. The lowest BCUT2D eigenvalue weighted by atomic mass is 9.95. The van der Waals surface area contributed by atoms with E-state index in [4.69, 9.17) is 19.4 Å². The molecule has 0 aliphatic heterocycles. The number of hydrogen-bond donors (Lipinski definition) is 0. The highest BCUT2D eigenvalue weighted by atomic mass is 32.1. The molecule has 0 fully saturated rings. The summed E-state index contributed by atoms with van der Waals surface area (Å²) in [6.45, 7) is 0. The van der Waals surface area contributed by atoms with Gasteiger partial charge in [-0.15, -0.1) is 11.3 Å². The molecular formula is C43H25N3OS. The van der Waals surface area contributed by atoms with Crippen molar-refractivity contribution in [3.8, 4) is 45.3 Å². The van der Waals surface area contributed by atoms with Crippen LogP contribution in [-0.2, 0) is 0 Å². The minimum absolute atomic E-state index is 0.608. The van der Waals surface area contributed by atoms with Gasteiger partial charge < -0.3 is 4.42 Å². The molecule has 3 aromatic heterocycles. The largest absolute Gasteiger partial charge is 0.456 e. The summed E-state index contributed by atoms with van der Waals surface area (Å²) in [5.74, 6) is 1.89. The van der Waals surface area contributed by atoms with Crippen LogP contribution in [0.4, 0.5) is 0 Å². The molecule has 4 nitrogen and oxygen atoms in total. The van der Waals surface area contributed by atoms with Crippen LogP contribution in [0.1, 0.15) is 0 Å². The summed E-state index contributed by atoms with van der Waals surface area (Å²) in [5, 5.41) is 6.83. The Morgan fingerprint density at radius 3 is 1.81 bits per heavy atom. The lowest BCUT2D eigenvalue weighted by Crippen LogP contribution is -2.00. The quantitative estimate of drug-likeness (QED) is 0.194. The van der Waals surface area contributed by atoms with E-state index in [1.807, 2.05) is 36.4 Å². The van der Waals surface area contributed by atoms with E-state index in [0.717, 1.165) is 49.8 Å². The maximum absolute atomic E-state index is 6.52. The number of nitrogens with zero attached hydrogens (tertiary/aromatic N) is 3. The first-order valence-electron chi connectivity index (χ1n) is 15.9. The Morgan fingerprint density at radius 2 is 1.00 bits per heavy atom. The van der Waals surface area contributed by atoms with Crippen molar-refractivity contribution >= 4 is 64.2 Å². The Balaban J connectivity index is 1.26. The first-order chi connectivity index (χ1) is 23.8. The summed E-state index contributed by atoms with van der Waals surface area (Å²) in [4.78, 5) is 15.5. The first-order valence-corrected chi connectivity index (χ1v) is 16.8. The standard InChI is InChI=1S/C43H25N3OS/c1-2-12-27(13-3-1)41-44-42(32-18-10-22-37-38(32)31-15-6-7-21-36(31)48-37)46-43(45-41)33-17-9-20-35-40(33)39-30(16-8-19-34(39)47-35)29-24-23-26-11-4-5-14-28(26)25-29/h1-25H. The summed E-state index contributed by atoms with van der Waals surface area (Å²) in [5.41, 5.74) is 6.70. The fourth-order valence-electron chi connectivity index (χ4n) is 6.94. The molecule has 10 aromatic rings. The Morgan fingerprint density at radius 1 is 0.396 bits per heavy atom. The van der Waals surface area contributed by atoms with E-state index >= 15 is 0 Å². The summed E-state index contributed by atoms with van der Waals surface area (Å²) < 4.78 is 8.97. The van der Waals surface area contributed by atoms with E-state index in [9.17, 15) is 0 Å². The number of benzene rings is 7. The lowest BCUT2D eigenvalue weighted by molar-refractivity contribution is 0.669. The van der Waals surface area contributed by atoms with Crippen molar-refractivity contribution in [2.24, 2.45) is 0 Å². The molecule has 0 amide bonds. The SMILES string of the molecule is c1ccc(-c2nc(-c3cccc4sc5ccccc5c34)nc(-c3cccc4oc5cccc(-c6ccc7ccccc7c6)c5c34)n2)cc1. The van der Waals surface area contributed by atoms with Crippen molar-refractivity contribution in [1.29, 1.82) is 0 Å². The molecule has 0 N–H and O–H groups in total. The van der Waals surface area contributed by atoms with Gasteiger partial charge in [0.05, 0.1) is 0 Å². The number of fused-ring (bicyclic) bond motifs is 7. The molecule has 0 saturated carbocycles. The van der Waals surface area contributed by atoms with E-state index in [1.54, 1.807) is 11.3 Å². The van der Waals surface area contributed by atoms with Gasteiger partial charge in [0.25, 0.3) is 0 Å². The minimum Gasteiger partial charge on any atom is -0.456 e. The van der Waals surface area contributed by atoms with Gasteiger partial charge in [-0.1, -0.05) is 121 Å². The van der Waals surface area contributed by atoms with E-state index < -0.39 is 0 Å². The second-order valence-corrected chi connectivity index (χ2v) is 13.1. The number of rotatable bonds is 4. The monoisotopic (exact) mass is 631 g/mol. The van der Waals surface area contributed by atoms with Crippen molar-refractivity contribution < 1.29 is 4.42 Å². The summed E-state index contributed by atoms with van der Waals surface area (Å²) in [6, 6.07) is 52.6. The van der Waals surface area contributed by atoms with Gasteiger partial charge in [-0.2, -0.15) is 0 Å². The number of furan rings is 1. The number of thiophene rings is 1. The van der Waals surface area contributed by atoms with Gasteiger partial charge in [0.15, 0.2) is 17.5 Å². The van der Waals surface area contributed by atoms with Crippen molar-refractivity contribution in [1.82, 2.24) is 15.0 Å². The molecule has 0 aliphatic carbocycles. The van der Waals surface area contributed by atoms with Gasteiger partial charge in [0, 0.05) is 47.6 Å². The van der Waals surface area contributed by atoms with Crippen LogP contribution in [0.3, 0.4) is 0 Å². The molecule has 7 aromatic carbocycles. The third-order valence-electron chi connectivity index (χ3n) is 9.13. The molecular weight excluding hydrogens is 607 g/mol. The zero-order valence-corrected chi connectivity index (χ0v) is 26.4. The van der Waals surface area contributed by atoms with Crippen LogP contribution in [0.5, 0.6) is 0 Å². The predicted molar refractivity (Wildman–Crippen MR) is 199 cm³/mol. The van der Waals surface area contributed by atoms with Gasteiger partial charge >= 0.3 is 0 Å². The van der Waals surface area contributed by atoms with Crippen LogP contribution in [0.25, 0.3) is 98.2 Å². The van der Waals surface area contributed by atoms with E-state index in [0.29, 0.717) is 17.5 Å². The molecule has 0 saturated heterocycles. The average molecular weight is 632 g/mol. The zero-order chi connectivity index (χ0) is 31.6. The second kappa shape index (κ2) is 10.7. The van der Waals surface area contributed by atoms with E-state index in [2.05, 4.69) is 115 Å². The van der Waals surface area contributed by atoms with Crippen molar-refractivity contribution in [2.45, 2.75) is 0 Å². The average Bonchev–Trinajstić information content (AvgIpc) is 3.73. The Labute approximate surface area is 279 Å². The van der Waals surface area contributed by atoms with Gasteiger partial charge in [0.1, 0.15) is 11.2 Å².